The smallest absolute Gasteiger partial charge is 0.119 e. The van der Waals surface area contributed by atoms with Crippen LogP contribution in [-0.2, 0) is 6.42 Å². The molecular formula is C16H25NO3. The molecule has 1 aromatic rings. The molecule has 0 saturated heterocycles. The lowest BCUT2D eigenvalue weighted by Gasteiger charge is -2.31. The average Bonchev–Trinajstić information content (AvgIpc) is 2.43. The fourth-order valence-electron chi connectivity index (χ4n) is 2.43. The van der Waals surface area contributed by atoms with Crippen LogP contribution in [-0.4, -0.2) is 42.1 Å². The number of hydrogen-bond acceptors (Lipinski definition) is 4. The minimum absolute atomic E-state index is 0.110. The van der Waals surface area contributed by atoms with E-state index in [0.29, 0.717) is 19.1 Å². The summed E-state index contributed by atoms with van der Waals surface area (Å²) in [6.07, 6.45) is 2.12. The maximum absolute atomic E-state index is 9.86. The van der Waals surface area contributed by atoms with Crippen molar-refractivity contribution in [2.45, 2.75) is 38.4 Å². The van der Waals surface area contributed by atoms with Crippen LogP contribution < -0.4 is 10.1 Å². The zero-order valence-corrected chi connectivity index (χ0v) is 12.1. The van der Waals surface area contributed by atoms with E-state index in [4.69, 9.17) is 4.74 Å². The molecule has 1 aliphatic carbocycles. The van der Waals surface area contributed by atoms with Gasteiger partial charge in [-0.3, -0.25) is 0 Å². The van der Waals surface area contributed by atoms with Gasteiger partial charge in [-0.15, -0.1) is 0 Å². The van der Waals surface area contributed by atoms with Crippen molar-refractivity contribution in [2.24, 2.45) is 5.92 Å². The topological polar surface area (TPSA) is 61.7 Å². The lowest BCUT2D eigenvalue weighted by atomic mass is 9.82. The summed E-state index contributed by atoms with van der Waals surface area (Å²) in [7, 11) is 0. The van der Waals surface area contributed by atoms with E-state index in [1.807, 2.05) is 18.2 Å². The van der Waals surface area contributed by atoms with Crippen molar-refractivity contribution >= 4 is 0 Å². The third-order valence-corrected chi connectivity index (χ3v) is 3.77. The Labute approximate surface area is 120 Å². The molecule has 1 aromatic carbocycles. The summed E-state index contributed by atoms with van der Waals surface area (Å²) in [5, 5.41) is 22.3. The van der Waals surface area contributed by atoms with Crippen molar-refractivity contribution in [3.05, 3.63) is 29.8 Å². The number of aliphatic hydroxyl groups is 2. The van der Waals surface area contributed by atoms with Crippen LogP contribution in [0.4, 0.5) is 0 Å². The van der Waals surface area contributed by atoms with E-state index in [1.54, 1.807) is 0 Å². The fourth-order valence-corrected chi connectivity index (χ4v) is 2.43. The van der Waals surface area contributed by atoms with Crippen LogP contribution in [0.2, 0.25) is 0 Å². The second-order valence-electron chi connectivity index (χ2n) is 5.62. The normalized spacial score (nSPS) is 23.1. The van der Waals surface area contributed by atoms with E-state index in [-0.39, 0.29) is 6.10 Å². The number of aliphatic hydroxyl groups excluding tert-OH is 2. The molecule has 1 saturated carbocycles. The highest BCUT2D eigenvalue weighted by Gasteiger charge is 2.26. The van der Waals surface area contributed by atoms with E-state index >= 15 is 0 Å². The van der Waals surface area contributed by atoms with Crippen molar-refractivity contribution in [2.75, 3.05) is 19.7 Å². The number of ether oxygens (including phenoxy) is 1. The lowest BCUT2D eigenvalue weighted by molar-refractivity contribution is 0.0400. The first-order valence-electron chi connectivity index (χ1n) is 7.46. The first-order chi connectivity index (χ1) is 9.67. The summed E-state index contributed by atoms with van der Waals surface area (Å²) in [5.41, 5.74) is 1.23. The van der Waals surface area contributed by atoms with Crippen molar-refractivity contribution in [3.8, 4) is 5.75 Å². The zero-order chi connectivity index (χ0) is 14.4. The Bertz CT molecular complexity index is 404. The summed E-state index contributed by atoms with van der Waals surface area (Å²) < 4.78 is 5.60. The molecule has 1 unspecified atom stereocenters. The summed E-state index contributed by atoms with van der Waals surface area (Å²) in [4.78, 5) is 0. The Morgan fingerprint density at radius 2 is 2.20 bits per heavy atom. The highest BCUT2D eigenvalue weighted by atomic mass is 16.5. The van der Waals surface area contributed by atoms with E-state index < -0.39 is 6.10 Å². The molecule has 0 amide bonds. The van der Waals surface area contributed by atoms with Gasteiger partial charge >= 0.3 is 0 Å². The van der Waals surface area contributed by atoms with E-state index in [1.165, 1.54) is 5.56 Å². The Morgan fingerprint density at radius 1 is 1.40 bits per heavy atom. The van der Waals surface area contributed by atoms with Gasteiger partial charge in [-0.05, 0) is 49.4 Å². The molecular weight excluding hydrogens is 254 g/mol. The highest BCUT2D eigenvalue weighted by molar-refractivity contribution is 5.28. The van der Waals surface area contributed by atoms with Gasteiger partial charge in [0.25, 0.3) is 0 Å². The van der Waals surface area contributed by atoms with E-state index in [0.717, 1.165) is 31.6 Å². The maximum Gasteiger partial charge on any atom is 0.119 e. The van der Waals surface area contributed by atoms with Crippen molar-refractivity contribution in [1.82, 2.24) is 5.32 Å². The molecule has 4 nitrogen and oxygen atoms in total. The Morgan fingerprint density at radius 3 is 2.90 bits per heavy atom. The standard InChI is InChI=1S/C16H25NO3/c1-2-12-4-3-5-16(8-12)20-11-15(19)10-17-9-13-6-14(18)7-13/h3-5,8,13-15,17-19H,2,6-7,9-11H2,1H3. The van der Waals surface area contributed by atoms with E-state index in [9.17, 15) is 10.2 Å². The fraction of sp³-hybridized carbons (Fsp3) is 0.625. The van der Waals surface area contributed by atoms with Crippen LogP contribution in [0.1, 0.15) is 25.3 Å². The number of nitrogens with one attached hydrogen (secondary N) is 1. The number of benzene rings is 1. The largest absolute Gasteiger partial charge is 0.491 e. The van der Waals surface area contributed by atoms with E-state index in [2.05, 4.69) is 18.3 Å². The molecule has 0 spiro atoms. The first-order valence-corrected chi connectivity index (χ1v) is 7.46. The van der Waals surface area contributed by atoms with Gasteiger partial charge in [-0.25, -0.2) is 0 Å². The summed E-state index contributed by atoms with van der Waals surface area (Å²) in [6, 6.07) is 7.96. The SMILES string of the molecule is CCc1cccc(OCC(O)CNCC2CC(O)C2)c1. The van der Waals surface area contributed by atoms with Gasteiger partial charge in [0, 0.05) is 6.54 Å². The number of hydrogen-bond donors (Lipinski definition) is 3. The third-order valence-electron chi connectivity index (χ3n) is 3.77. The maximum atomic E-state index is 9.86. The molecule has 4 heteroatoms. The number of rotatable bonds is 8. The van der Waals surface area contributed by atoms with Gasteiger partial charge in [0.15, 0.2) is 0 Å². The molecule has 3 N–H and O–H groups in total. The molecule has 0 bridgehead atoms. The van der Waals surface area contributed by atoms with Gasteiger partial charge in [-0.1, -0.05) is 19.1 Å². The molecule has 0 heterocycles. The molecule has 112 valence electrons. The molecule has 0 radical (unpaired) electrons. The van der Waals surface area contributed by atoms with Crippen molar-refractivity contribution in [3.63, 3.8) is 0 Å². The van der Waals surface area contributed by atoms with Gasteiger partial charge in [-0.2, -0.15) is 0 Å². The summed E-state index contributed by atoms with van der Waals surface area (Å²) in [5.74, 6) is 1.37. The molecule has 2 rings (SSSR count). The predicted octanol–water partition coefficient (Wildman–Crippen LogP) is 1.35. The van der Waals surface area contributed by atoms with Crippen LogP contribution in [0.15, 0.2) is 24.3 Å². The summed E-state index contributed by atoms with van der Waals surface area (Å²) >= 11 is 0. The molecule has 0 aliphatic heterocycles. The quantitative estimate of drug-likeness (QED) is 0.672. The second-order valence-corrected chi connectivity index (χ2v) is 5.62. The van der Waals surface area contributed by atoms with Crippen molar-refractivity contribution in [1.29, 1.82) is 0 Å². The van der Waals surface area contributed by atoms with Gasteiger partial charge < -0.3 is 20.3 Å². The minimum atomic E-state index is -0.509. The predicted molar refractivity (Wildman–Crippen MR) is 78.9 cm³/mol. The Kier molecular flexibility index (Phi) is 5.83. The third kappa shape index (κ3) is 4.78. The summed E-state index contributed by atoms with van der Waals surface area (Å²) in [6.45, 7) is 3.79. The Hall–Kier alpha value is -1.10. The van der Waals surface area contributed by atoms with Gasteiger partial charge in [0.1, 0.15) is 18.5 Å². The van der Waals surface area contributed by atoms with Crippen LogP contribution in [0.5, 0.6) is 5.75 Å². The molecule has 1 aliphatic rings. The van der Waals surface area contributed by atoms with Crippen LogP contribution in [0.25, 0.3) is 0 Å². The lowest BCUT2D eigenvalue weighted by Crippen LogP contribution is -2.39. The van der Waals surface area contributed by atoms with Gasteiger partial charge in [0.2, 0.25) is 0 Å². The molecule has 1 fully saturated rings. The van der Waals surface area contributed by atoms with Crippen LogP contribution in [0.3, 0.4) is 0 Å². The number of aryl methyl sites for hydroxylation is 1. The molecule has 20 heavy (non-hydrogen) atoms. The van der Waals surface area contributed by atoms with Crippen LogP contribution >= 0.6 is 0 Å². The highest BCUT2D eigenvalue weighted by Crippen LogP contribution is 2.25. The monoisotopic (exact) mass is 279 g/mol. The second kappa shape index (κ2) is 7.62. The van der Waals surface area contributed by atoms with Crippen molar-refractivity contribution < 1.29 is 14.9 Å². The molecule has 1 atom stereocenters. The minimum Gasteiger partial charge on any atom is -0.491 e. The Balaban J connectivity index is 1.60. The van der Waals surface area contributed by atoms with Crippen LogP contribution in [0, 0.1) is 5.92 Å². The molecule has 0 aromatic heterocycles. The first kappa shape index (κ1) is 15.3. The average molecular weight is 279 g/mol. The zero-order valence-electron chi connectivity index (χ0n) is 12.1. The van der Waals surface area contributed by atoms with Gasteiger partial charge in [0.05, 0.1) is 6.10 Å².